The van der Waals surface area contributed by atoms with Crippen LogP contribution in [0, 0.1) is 5.41 Å². The van der Waals surface area contributed by atoms with Crippen LogP contribution in [0.15, 0.2) is 30.3 Å². The Morgan fingerprint density at radius 3 is 2.50 bits per heavy atom. The first-order valence-corrected chi connectivity index (χ1v) is 5.58. The first kappa shape index (κ1) is 12.7. The topological polar surface area (TPSA) is 55.1 Å². The zero-order valence-corrected chi connectivity index (χ0v) is 9.99. The summed E-state index contributed by atoms with van der Waals surface area (Å²) >= 11 is 0. The highest BCUT2D eigenvalue weighted by Gasteiger charge is 2.27. The van der Waals surface area contributed by atoms with Crippen molar-refractivity contribution in [3.05, 3.63) is 35.9 Å². The second-order valence-electron chi connectivity index (χ2n) is 4.59. The number of carbonyl (C=O) groups is 1. The highest BCUT2D eigenvalue weighted by atomic mass is 16.2. The van der Waals surface area contributed by atoms with Crippen LogP contribution in [-0.2, 0) is 11.2 Å². The van der Waals surface area contributed by atoms with Gasteiger partial charge < -0.3 is 11.1 Å². The van der Waals surface area contributed by atoms with Gasteiger partial charge in [0.2, 0.25) is 5.91 Å². The number of nitrogens with one attached hydrogen (secondary N) is 1. The van der Waals surface area contributed by atoms with Crippen molar-refractivity contribution in [2.24, 2.45) is 11.1 Å². The monoisotopic (exact) mass is 220 g/mol. The second kappa shape index (κ2) is 5.66. The lowest BCUT2D eigenvalue weighted by Gasteiger charge is -2.23. The van der Waals surface area contributed by atoms with E-state index in [1.807, 2.05) is 44.2 Å². The fraction of sp³-hybridized carbons (Fsp3) is 0.462. The summed E-state index contributed by atoms with van der Waals surface area (Å²) in [6.07, 6.45) is 0.740. The Morgan fingerprint density at radius 1 is 1.31 bits per heavy atom. The lowest BCUT2D eigenvalue weighted by atomic mass is 9.85. The Kier molecular flexibility index (Phi) is 4.50. The number of carbonyl (C=O) groups excluding carboxylic acids is 1. The molecule has 0 atom stereocenters. The van der Waals surface area contributed by atoms with Gasteiger partial charge in [-0.1, -0.05) is 44.2 Å². The van der Waals surface area contributed by atoms with Crippen LogP contribution in [0.5, 0.6) is 0 Å². The number of nitrogens with two attached hydrogens (primary N) is 1. The molecule has 0 bridgehead atoms. The number of hydrogen-bond donors (Lipinski definition) is 2. The molecule has 0 saturated carbocycles. The molecular weight excluding hydrogens is 200 g/mol. The number of hydrogen-bond acceptors (Lipinski definition) is 2. The smallest absolute Gasteiger partial charge is 0.226 e. The quantitative estimate of drug-likeness (QED) is 0.786. The summed E-state index contributed by atoms with van der Waals surface area (Å²) in [5.41, 5.74) is 6.14. The molecule has 3 heteroatoms. The van der Waals surface area contributed by atoms with E-state index in [-0.39, 0.29) is 5.91 Å². The zero-order chi connectivity index (χ0) is 12.0. The zero-order valence-electron chi connectivity index (χ0n) is 9.99. The Hall–Kier alpha value is -1.35. The molecule has 88 valence electrons. The van der Waals surface area contributed by atoms with E-state index in [0.717, 1.165) is 6.42 Å². The summed E-state index contributed by atoms with van der Waals surface area (Å²) in [5.74, 6) is 0.0572. The summed E-state index contributed by atoms with van der Waals surface area (Å²) in [6, 6.07) is 10.0. The largest absolute Gasteiger partial charge is 0.354 e. The Labute approximate surface area is 97.0 Å². The van der Waals surface area contributed by atoms with Gasteiger partial charge >= 0.3 is 0 Å². The fourth-order valence-corrected chi connectivity index (χ4v) is 1.61. The minimum atomic E-state index is -0.392. The third kappa shape index (κ3) is 3.66. The molecule has 0 aliphatic heterocycles. The molecular formula is C13H20N2O. The lowest BCUT2D eigenvalue weighted by Crippen LogP contribution is -2.40. The van der Waals surface area contributed by atoms with Crippen molar-refractivity contribution < 1.29 is 4.79 Å². The van der Waals surface area contributed by atoms with Gasteiger partial charge in [0.25, 0.3) is 0 Å². The SMILES string of the molecule is CC(C)(Cc1ccccc1)C(=O)NCCN. The first-order chi connectivity index (χ1) is 7.56. The number of amides is 1. The van der Waals surface area contributed by atoms with Gasteiger partial charge in [-0.3, -0.25) is 4.79 Å². The van der Waals surface area contributed by atoms with E-state index in [9.17, 15) is 4.79 Å². The van der Waals surface area contributed by atoms with Crippen LogP contribution in [0.2, 0.25) is 0 Å². The minimum absolute atomic E-state index is 0.0572. The molecule has 0 aliphatic carbocycles. The van der Waals surface area contributed by atoms with Gasteiger partial charge in [-0.25, -0.2) is 0 Å². The molecule has 3 nitrogen and oxygen atoms in total. The minimum Gasteiger partial charge on any atom is -0.354 e. The molecule has 16 heavy (non-hydrogen) atoms. The molecule has 0 saturated heterocycles. The molecule has 1 amide bonds. The van der Waals surface area contributed by atoms with Gasteiger partial charge in [-0.05, 0) is 12.0 Å². The molecule has 0 fully saturated rings. The predicted molar refractivity (Wildman–Crippen MR) is 66.0 cm³/mol. The van der Waals surface area contributed by atoms with Gasteiger partial charge in [0.05, 0.1) is 0 Å². The van der Waals surface area contributed by atoms with Crippen molar-refractivity contribution in [1.29, 1.82) is 0 Å². The van der Waals surface area contributed by atoms with Crippen LogP contribution in [0.4, 0.5) is 0 Å². The van der Waals surface area contributed by atoms with Crippen LogP contribution in [0.1, 0.15) is 19.4 Å². The van der Waals surface area contributed by atoms with Gasteiger partial charge in [-0.15, -0.1) is 0 Å². The summed E-state index contributed by atoms with van der Waals surface area (Å²) in [5, 5.41) is 2.83. The summed E-state index contributed by atoms with van der Waals surface area (Å²) in [4.78, 5) is 11.9. The van der Waals surface area contributed by atoms with Crippen LogP contribution >= 0.6 is 0 Å². The van der Waals surface area contributed by atoms with Crippen molar-refractivity contribution in [1.82, 2.24) is 5.32 Å². The third-order valence-corrected chi connectivity index (χ3v) is 2.53. The van der Waals surface area contributed by atoms with E-state index in [2.05, 4.69) is 5.32 Å². The van der Waals surface area contributed by atoms with Crippen LogP contribution in [-0.4, -0.2) is 19.0 Å². The third-order valence-electron chi connectivity index (χ3n) is 2.53. The van der Waals surface area contributed by atoms with E-state index in [4.69, 9.17) is 5.73 Å². The molecule has 1 aromatic carbocycles. The molecule has 0 spiro atoms. The molecule has 0 heterocycles. The Bertz CT molecular complexity index is 333. The van der Waals surface area contributed by atoms with E-state index in [1.165, 1.54) is 5.56 Å². The summed E-state index contributed by atoms with van der Waals surface area (Å²) in [6.45, 7) is 4.92. The molecule has 0 unspecified atom stereocenters. The Morgan fingerprint density at radius 2 is 1.94 bits per heavy atom. The molecule has 1 aromatic rings. The average Bonchev–Trinajstić information content (AvgIpc) is 2.26. The summed E-state index contributed by atoms with van der Waals surface area (Å²) in [7, 11) is 0. The van der Waals surface area contributed by atoms with Gasteiger partial charge in [0, 0.05) is 18.5 Å². The normalized spacial score (nSPS) is 11.2. The highest BCUT2D eigenvalue weighted by molar-refractivity contribution is 5.82. The molecule has 0 radical (unpaired) electrons. The maximum atomic E-state index is 11.9. The molecule has 1 rings (SSSR count). The van der Waals surface area contributed by atoms with E-state index >= 15 is 0 Å². The predicted octanol–water partition coefficient (Wildman–Crippen LogP) is 1.33. The van der Waals surface area contributed by atoms with Crippen molar-refractivity contribution in [3.63, 3.8) is 0 Å². The van der Waals surface area contributed by atoms with E-state index in [0.29, 0.717) is 13.1 Å². The maximum Gasteiger partial charge on any atom is 0.226 e. The second-order valence-corrected chi connectivity index (χ2v) is 4.59. The average molecular weight is 220 g/mol. The standard InChI is InChI=1S/C13H20N2O/c1-13(2,12(16)15-9-8-14)10-11-6-4-3-5-7-11/h3-7H,8-10,14H2,1-2H3,(H,15,16). The van der Waals surface area contributed by atoms with Gasteiger partial charge in [0.15, 0.2) is 0 Å². The Balaban J connectivity index is 2.60. The number of rotatable bonds is 5. The first-order valence-electron chi connectivity index (χ1n) is 5.58. The van der Waals surface area contributed by atoms with Crippen molar-refractivity contribution in [2.45, 2.75) is 20.3 Å². The summed E-state index contributed by atoms with van der Waals surface area (Å²) < 4.78 is 0. The lowest BCUT2D eigenvalue weighted by molar-refractivity contribution is -0.129. The van der Waals surface area contributed by atoms with Crippen molar-refractivity contribution >= 4 is 5.91 Å². The molecule has 0 aliphatic rings. The number of benzene rings is 1. The molecule has 0 aromatic heterocycles. The van der Waals surface area contributed by atoms with E-state index < -0.39 is 5.41 Å². The van der Waals surface area contributed by atoms with Gasteiger partial charge in [0.1, 0.15) is 0 Å². The van der Waals surface area contributed by atoms with Crippen molar-refractivity contribution in [2.75, 3.05) is 13.1 Å². The maximum absolute atomic E-state index is 11.9. The van der Waals surface area contributed by atoms with Crippen LogP contribution < -0.4 is 11.1 Å². The van der Waals surface area contributed by atoms with Crippen LogP contribution in [0.25, 0.3) is 0 Å². The van der Waals surface area contributed by atoms with Crippen LogP contribution in [0.3, 0.4) is 0 Å². The molecule has 3 N–H and O–H groups in total. The highest BCUT2D eigenvalue weighted by Crippen LogP contribution is 2.21. The van der Waals surface area contributed by atoms with E-state index in [1.54, 1.807) is 0 Å². The van der Waals surface area contributed by atoms with Gasteiger partial charge in [-0.2, -0.15) is 0 Å². The van der Waals surface area contributed by atoms with Crippen molar-refractivity contribution in [3.8, 4) is 0 Å². The fourth-order valence-electron chi connectivity index (χ4n) is 1.61.